The number of aliphatic carboxylic acids is 1. The number of nitrogens with zero attached hydrogens (tertiary/aromatic N) is 1. The number of hydrogen-bond acceptors (Lipinski definition) is 4. The number of carbonyl (C=O) groups is 2. The molecule has 2 heterocycles. The molecule has 6 nitrogen and oxygen atoms in total. The summed E-state index contributed by atoms with van der Waals surface area (Å²) in [7, 11) is 0. The Morgan fingerprint density at radius 1 is 1.27 bits per heavy atom. The summed E-state index contributed by atoms with van der Waals surface area (Å²) >= 11 is 0. The van der Waals surface area contributed by atoms with Crippen molar-refractivity contribution in [2.75, 3.05) is 13.1 Å². The number of amides is 1. The molecule has 3 rings (SSSR count). The highest BCUT2D eigenvalue weighted by molar-refractivity contribution is 5.95. The van der Waals surface area contributed by atoms with Gasteiger partial charge in [0.1, 0.15) is 0 Å². The maximum Gasteiger partial charge on any atom is 0.304 e. The molecule has 1 amide bonds. The number of aromatic nitrogens is 1. The lowest BCUT2D eigenvalue weighted by Gasteiger charge is -2.36. The van der Waals surface area contributed by atoms with Gasteiger partial charge in [-0.2, -0.15) is 0 Å². The van der Waals surface area contributed by atoms with Crippen LogP contribution in [0.15, 0.2) is 12.1 Å². The van der Waals surface area contributed by atoms with Crippen molar-refractivity contribution in [3.8, 4) is 0 Å². The minimum atomic E-state index is -0.813. The van der Waals surface area contributed by atoms with Crippen LogP contribution in [0.25, 0.3) is 0 Å². The second-order valence-corrected chi connectivity index (χ2v) is 7.77. The molecule has 0 spiro atoms. The largest absolute Gasteiger partial charge is 0.481 e. The Hall–Kier alpha value is -1.95. The summed E-state index contributed by atoms with van der Waals surface area (Å²) in [5.41, 5.74) is 1.55. The molecule has 1 aromatic rings. The van der Waals surface area contributed by atoms with E-state index < -0.39 is 11.4 Å². The molecular formula is C20H29N3O3. The number of carbonyl (C=O) groups excluding carboxylic acids is 1. The van der Waals surface area contributed by atoms with Crippen molar-refractivity contribution in [1.82, 2.24) is 15.6 Å². The molecule has 1 atom stereocenters. The van der Waals surface area contributed by atoms with Crippen molar-refractivity contribution in [1.29, 1.82) is 0 Å². The molecule has 2 aliphatic rings. The van der Waals surface area contributed by atoms with Crippen LogP contribution < -0.4 is 10.6 Å². The van der Waals surface area contributed by atoms with Crippen molar-refractivity contribution in [2.45, 2.75) is 69.7 Å². The van der Waals surface area contributed by atoms with Gasteiger partial charge in [0.15, 0.2) is 0 Å². The minimum absolute atomic E-state index is 0.0556. The van der Waals surface area contributed by atoms with Crippen molar-refractivity contribution < 1.29 is 14.7 Å². The van der Waals surface area contributed by atoms with Gasteiger partial charge < -0.3 is 15.7 Å². The van der Waals surface area contributed by atoms with E-state index in [1.165, 1.54) is 19.3 Å². The van der Waals surface area contributed by atoms with E-state index in [-0.39, 0.29) is 18.4 Å². The van der Waals surface area contributed by atoms with Gasteiger partial charge in [-0.1, -0.05) is 19.3 Å². The highest BCUT2D eigenvalue weighted by Gasteiger charge is 2.38. The quantitative estimate of drug-likeness (QED) is 0.751. The molecule has 0 radical (unpaired) electrons. The minimum Gasteiger partial charge on any atom is -0.481 e. The second-order valence-electron chi connectivity index (χ2n) is 7.77. The van der Waals surface area contributed by atoms with Crippen LogP contribution in [0.5, 0.6) is 0 Å². The van der Waals surface area contributed by atoms with Crippen LogP contribution in [0, 0.1) is 6.92 Å². The van der Waals surface area contributed by atoms with E-state index in [0.717, 1.165) is 37.9 Å². The molecule has 0 unspecified atom stereocenters. The van der Waals surface area contributed by atoms with Gasteiger partial charge in [-0.25, -0.2) is 0 Å². The molecule has 3 N–H and O–H groups in total. The van der Waals surface area contributed by atoms with Gasteiger partial charge in [-0.3, -0.25) is 14.6 Å². The monoisotopic (exact) mass is 359 g/mol. The first kappa shape index (κ1) is 18.8. The summed E-state index contributed by atoms with van der Waals surface area (Å²) in [4.78, 5) is 28.7. The fourth-order valence-corrected chi connectivity index (χ4v) is 4.32. The molecule has 0 aromatic carbocycles. The highest BCUT2D eigenvalue weighted by atomic mass is 16.4. The number of aryl methyl sites for hydroxylation is 1. The molecule has 2 fully saturated rings. The molecule has 1 saturated carbocycles. The van der Waals surface area contributed by atoms with Gasteiger partial charge in [0.25, 0.3) is 5.91 Å². The zero-order valence-electron chi connectivity index (χ0n) is 15.5. The van der Waals surface area contributed by atoms with Gasteiger partial charge in [0.05, 0.1) is 17.7 Å². The van der Waals surface area contributed by atoms with Crippen LogP contribution in [0.2, 0.25) is 0 Å². The van der Waals surface area contributed by atoms with E-state index in [4.69, 9.17) is 0 Å². The maximum atomic E-state index is 12.6. The lowest BCUT2D eigenvalue weighted by molar-refractivity contribution is -0.138. The van der Waals surface area contributed by atoms with Crippen molar-refractivity contribution in [2.24, 2.45) is 0 Å². The molecule has 1 aliphatic carbocycles. The number of nitrogens with one attached hydrogen (secondary N) is 2. The first-order valence-corrected chi connectivity index (χ1v) is 9.72. The Kier molecular flexibility index (Phi) is 5.91. The third kappa shape index (κ3) is 4.23. The summed E-state index contributed by atoms with van der Waals surface area (Å²) in [6.07, 6.45) is 7.47. The van der Waals surface area contributed by atoms with E-state index in [1.54, 1.807) is 0 Å². The van der Waals surface area contributed by atoms with Crippen LogP contribution in [0.3, 0.4) is 0 Å². The van der Waals surface area contributed by atoms with Crippen molar-refractivity contribution >= 4 is 11.9 Å². The smallest absolute Gasteiger partial charge is 0.304 e. The van der Waals surface area contributed by atoms with E-state index >= 15 is 0 Å². The Balaban J connectivity index is 1.79. The van der Waals surface area contributed by atoms with Gasteiger partial charge in [-0.05, 0) is 51.3 Å². The molecule has 142 valence electrons. The normalized spacial score (nSPS) is 24.2. The Labute approximate surface area is 154 Å². The third-order valence-electron chi connectivity index (χ3n) is 5.78. The summed E-state index contributed by atoms with van der Waals surface area (Å²) in [6.45, 7) is 3.35. The van der Waals surface area contributed by atoms with E-state index in [2.05, 4.69) is 15.6 Å². The van der Waals surface area contributed by atoms with Crippen LogP contribution in [-0.4, -0.2) is 41.1 Å². The topological polar surface area (TPSA) is 91.3 Å². The fourth-order valence-electron chi connectivity index (χ4n) is 4.32. The predicted octanol–water partition coefficient (Wildman–Crippen LogP) is 2.55. The number of piperidine rings is 1. The second kappa shape index (κ2) is 8.16. The number of rotatable bonds is 5. The summed E-state index contributed by atoms with van der Waals surface area (Å²) in [5, 5.41) is 15.8. The van der Waals surface area contributed by atoms with Crippen molar-refractivity contribution in [3.05, 3.63) is 29.1 Å². The molecule has 6 heteroatoms. The van der Waals surface area contributed by atoms with E-state index in [0.29, 0.717) is 17.8 Å². The zero-order chi connectivity index (χ0) is 18.6. The lowest BCUT2D eigenvalue weighted by atomic mass is 9.74. The van der Waals surface area contributed by atoms with Gasteiger partial charge in [-0.15, -0.1) is 0 Å². The lowest BCUT2D eigenvalue weighted by Crippen LogP contribution is -2.45. The molecule has 0 bridgehead atoms. The number of pyridine rings is 1. The fraction of sp³-hybridized carbons (Fsp3) is 0.650. The maximum absolute atomic E-state index is 12.6. The molecule has 26 heavy (non-hydrogen) atoms. The standard InChI is InChI=1S/C20H29N3O3/c1-14-16(19(26)23-15-6-3-2-4-7-15)8-9-17(22-14)20(12-18(24)25)10-5-11-21-13-20/h8-9,15,21H,2-7,10-13H2,1H3,(H,23,26)(H,24,25)/t20-/m0/s1. The van der Waals surface area contributed by atoms with E-state index in [1.807, 2.05) is 19.1 Å². The average molecular weight is 359 g/mol. The number of carboxylic acid groups (broad SMARTS) is 1. The average Bonchev–Trinajstić information content (AvgIpc) is 2.62. The first-order valence-electron chi connectivity index (χ1n) is 9.72. The summed E-state index contributed by atoms with van der Waals surface area (Å²) in [5.74, 6) is -0.880. The zero-order valence-corrected chi connectivity index (χ0v) is 15.5. The predicted molar refractivity (Wildman–Crippen MR) is 99.3 cm³/mol. The molecule has 1 aliphatic heterocycles. The van der Waals surface area contributed by atoms with E-state index in [9.17, 15) is 14.7 Å². The van der Waals surface area contributed by atoms with Crippen LogP contribution in [0.1, 0.15) is 73.1 Å². The highest BCUT2D eigenvalue weighted by Crippen LogP contribution is 2.34. The Morgan fingerprint density at radius 2 is 2.04 bits per heavy atom. The number of hydrogen-bond donors (Lipinski definition) is 3. The molecular weight excluding hydrogens is 330 g/mol. The summed E-state index contributed by atoms with van der Waals surface area (Å²) in [6, 6.07) is 3.92. The molecule has 1 saturated heterocycles. The molecule has 1 aromatic heterocycles. The SMILES string of the molecule is Cc1nc([C@]2(CC(=O)O)CCCNC2)ccc1C(=O)NC1CCCCC1. The van der Waals surface area contributed by atoms with Crippen LogP contribution in [0.4, 0.5) is 0 Å². The number of carboxylic acids is 1. The van der Waals surface area contributed by atoms with Crippen molar-refractivity contribution in [3.63, 3.8) is 0 Å². The van der Waals surface area contributed by atoms with Crippen LogP contribution >= 0.6 is 0 Å². The summed E-state index contributed by atoms with van der Waals surface area (Å²) < 4.78 is 0. The van der Waals surface area contributed by atoms with Gasteiger partial charge >= 0.3 is 5.97 Å². The van der Waals surface area contributed by atoms with Crippen LogP contribution in [-0.2, 0) is 10.2 Å². The third-order valence-corrected chi connectivity index (χ3v) is 5.78. The van der Waals surface area contributed by atoms with Gasteiger partial charge in [0, 0.05) is 23.7 Å². The first-order chi connectivity index (χ1) is 12.5. The Bertz CT molecular complexity index is 662. The van der Waals surface area contributed by atoms with Gasteiger partial charge in [0.2, 0.25) is 0 Å². The Morgan fingerprint density at radius 3 is 2.65 bits per heavy atom.